The van der Waals surface area contributed by atoms with Crippen molar-refractivity contribution in [1.82, 2.24) is 0 Å². The minimum absolute atomic E-state index is 0.357. The van der Waals surface area contributed by atoms with Gasteiger partial charge in [-0.25, -0.2) is 4.79 Å². The molecule has 1 saturated carbocycles. The Morgan fingerprint density at radius 2 is 1.82 bits per heavy atom. The summed E-state index contributed by atoms with van der Waals surface area (Å²) >= 11 is 0. The van der Waals surface area contributed by atoms with Crippen molar-refractivity contribution < 1.29 is 9.53 Å². The molecule has 0 unspecified atom stereocenters. The van der Waals surface area contributed by atoms with Crippen LogP contribution in [0.5, 0.6) is 5.75 Å². The minimum atomic E-state index is -0.357. The Hall–Kier alpha value is -1.57. The number of carbonyl (C=O) groups excluding carboxylic acids is 1. The van der Waals surface area contributed by atoms with Crippen LogP contribution in [0.2, 0.25) is 0 Å². The van der Waals surface area contributed by atoms with E-state index in [1.54, 1.807) is 6.92 Å². The highest BCUT2D eigenvalue weighted by Crippen LogP contribution is 2.38. The van der Waals surface area contributed by atoms with E-state index in [0.29, 0.717) is 17.2 Å². The Bertz CT molecular complexity index is 493. The summed E-state index contributed by atoms with van der Waals surface area (Å²) in [5, 5.41) is 0. The van der Waals surface area contributed by atoms with Gasteiger partial charge in [0.05, 0.1) is 0 Å². The van der Waals surface area contributed by atoms with E-state index in [1.807, 2.05) is 12.1 Å². The fourth-order valence-corrected chi connectivity index (χ4v) is 3.28. The largest absolute Gasteiger partial charge is 0.423 e. The van der Waals surface area contributed by atoms with Crippen molar-refractivity contribution in [3.63, 3.8) is 0 Å². The van der Waals surface area contributed by atoms with Crippen LogP contribution in [0.3, 0.4) is 0 Å². The van der Waals surface area contributed by atoms with Gasteiger partial charge in [-0.3, -0.25) is 0 Å². The average molecular weight is 300 g/mol. The zero-order chi connectivity index (χ0) is 15.9. The Balaban J connectivity index is 1.86. The van der Waals surface area contributed by atoms with Crippen molar-refractivity contribution in [2.45, 2.75) is 64.7 Å². The second-order valence-corrected chi connectivity index (χ2v) is 6.60. The summed E-state index contributed by atoms with van der Waals surface area (Å²) in [5.74, 6) is 1.85. The van der Waals surface area contributed by atoms with E-state index in [9.17, 15) is 4.79 Å². The number of ether oxygens (including phenoxy) is 1. The first-order valence-electron chi connectivity index (χ1n) is 8.57. The van der Waals surface area contributed by atoms with Crippen LogP contribution in [0, 0.1) is 5.92 Å². The lowest BCUT2D eigenvalue weighted by Gasteiger charge is -2.28. The van der Waals surface area contributed by atoms with Crippen LogP contribution in [0.1, 0.15) is 70.3 Å². The number of carbonyl (C=O) groups is 1. The molecule has 1 aromatic rings. The zero-order valence-corrected chi connectivity index (χ0v) is 13.9. The lowest BCUT2D eigenvalue weighted by atomic mass is 9.77. The standard InChI is InChI=1S/C20H28O2/c1-4-5-6-16-7-9-17(10-8-16)18-11-13-19(14-12-18)22-20(21)15(2)3/h11-14,16-17H,2,4-10H2,1,3H3. The van der Waals surface area contributed by atoms with Crippen LogP contribution in [-0.4, -0.2) is 5.97 Å². The molecule has 0 N–H and O–H groups in total. The van der Waals surface area contributed by atoms with Crippen LogP contribution in [-0.2, 0) is 4.79 Å². The monoisotopic (exact) mass is 300 g/mol. The van der Waals surface area contributed by atoms with Crippen LogP contribution in [0.15, 0.2) is 36.4 Å². The van der Waals surface area contributed by atoms with Crippen molar-refractivity contribution in [3.8, 4) is 5.75 Å². The molecule has 1 fully saturated rings. The van der Waals surface area contributed by atoms with Gasteiger partial charge >= 0.3 is 5.97 Å². The molecule has 120 valence electrons. The average Bonchev–Trinajstić information content (AvgIpc) is 2.54. The molecule has 0 radical (unpaired) electrons. The predicted molar refractivity (Wildman–Crippen MR) is 91.1 cm³/mol. The fourth-order valence-electron chi connectivity index (χ4n) is 3.28. The number of rotatable bonds is 6. The number of unbranched alkanes of at least 4 members (excludes halogenated alkanes) is 1. The zero-order valence-electron chi connectivity index (χ0n) is 13.9. The number of hydrogen-bond donors (Lipinski definition) is 0. The summed E-state index contributed by atoms with van der Waals surface area (Å²) in [6.07, 6.45) is 9.38. The second-order valence-electron chi connectivity index (χ2n) is 6.60. The molecule has 0 aromatic heterocycles. The van der Waals surface area contributed by atoms with Gasteiger partial charge in [0.1, 0.15) is 5.75 Å². The molecule has 2 rings (SSSR count). The summed E-state index contributed by atoms with van der Waals surface area (Å²) in [7, 11) is 0. The predicted octanol–water partition coefficient (Wildman–Crippen LogP) is 5.63. The first kappa shape index (κ1) is 16.8. The van der Waals surface area contributed by atoms with Gasteiger partial charge in [-0.1, -0.05) is 44.9 Å². The highest BCUT2D eigenvalue weighted by atomic mass is 16.5. The van der Waals surface area contributed by atoms with E-state index in [4.69, 9.17) is 4.74 Å². The summed E-state index contributed by atoms with van der Waals surface area (Å²) in [6, 6.07) is 8.02. The van der Waals surface area contributed by atoms with E-state index < -0.39 is 0 Å². The third kappa shape index (κ3) is 4.72. The summed E-state index contributed by atoms with van der Waals surface area (Å²) < 4.78 is 5.24. The molecule has 1 aliphatic carbocycles. The number of esters is 1. The first-order chi connectivity index (χ1) is 10.6. The highest BCUT2D eigenvalue weighted by Gasteiger charge is 2.22. The molecule has 1 aromatic carbocycles. The molecule has 2 nitrogen and oxygen atoms in total. The molecular formula is C20H28O2. The second kappa shape index (κ2) is 8.17. The Labute approximate surface area is 134 Å². The molecule has 0 atom stereocenters. The van der Waals surface area contributed by atoms with Crippen molar-refractivity contribution in [3.05, 3.63) is 42.0 Å². The van der Waals surface area contributed by atoms with E-state index in [2.05, 4.69) is 25.6 Å². The molecule has 0 spiro atoms. The quantitative estimate of drug-likeness (QED) is 0.386. The Kier molecular flexibility index (Phi) is 6.23. The van der Waals surface area contributed by atoms with Gasteiger partial charge in [-0.05, 0) is 62.1 Å². The lowest BCUT2D eigenvalue weighted by molar-refractivity contribution is -0.130. The van der Waals surface area contributed by atoms with Crippen molar-refractivity contribution in [1.29, 1.82) is 0 Å². The molecule has 0 aliphatic heterocycles. The molecule has 0 amide bonds. The maximum absolute atomic E-state index is 11.5. The van der Waals surface area contributed by atoms with Gasteiger partial charge in [-0.2, -0.15) is 0 Å². The number of benzene rings is 1. The summed E-state index contributed by atoms with van der Waals surface area (Å²) in [5.41, 5.74) is 1.80. The van der Waals surface area contributed by atoms with Gasteiger partial charge < -0.3 is 4.74 Å². The van der Waals surface area contributed by atoms with Crippen LogP contribution in [0.4, 0.5) is 0 Å². The molecule has 0 saturated heterocycles. The van der Waals surface area contributed by atoms with Gasteiger partial charge in [0.2, 0.25) is 0 Å². The van der Waals surface area contributed by atoms with Gasteiger partial charge in [0.15, 0.2) is 0 Å². The topological polar surface area (TPSA) is 26.3 Å². The SMILES string of the molecule is C=C(C)C(=O)Oc1ccc(C2CCC(CCCC)CC2)cc1. The van der Waals surface area contributed by atoms with E-state index >= 15 is 0 Å². The molecular weight excluding hydrogens is 272 g/mol. The molecule has 0 bridgehead atoms. The third-order valence-electron chi connectivity index (χ3n) is 4.72. The lowest BCUT2D eigenvalue weighted by Crippen LogP contribution is -2.13. The van der Waals surface area contributed by atoms with Gasteiger partial charge in [-0.15, -0.1) is 0 Å². The van der Waals surface area contributed by atoms with Crippen LogP contribution in [0.25, 0.3) is 0 Å². The highest BCUT2D eigenvalue weighted by molar-refractivity contribution is 5.88. The maximum Gasteiger partial charge on any atom is 0.338 e. The molecule has 1 aliphatic rings. The van der Waals surface area contributed by atoms with Crippen molar-refractivity contribution >= 4 is 5.97 Å². The maximum atomic E-state index is 11.5. The smallest absolute Gasteiger partial charge is 0.338 e. The summed E-state index contributed by atoms with van der Waals surface area (Å²) in [4.78, 5) is 11.5. The first-order valence-corrected chi connectivity index (χ1v) is 8.57. The van der Waals surface area contributed by atoms with Crippen molar-refractivity contribution in [2.24, 2.45) is 5.92 Å². The van der Waals surface area contributed by atoms with Gasteiger partial charge in [0.25, 0.3) is 0 Å². The fraction of sp³-hybridized carbons (Fsp3) is 0.550. The third-order valence-corrected chi connectivity index (χ3v) is 4.72. The van der Waals surface area contributed by atoms with E-state index in [-0.39, 0.29) is 5.97 Å². The van der Waals surface area contributed by atoms with Crippen LogP contribution < -0.4 is 4.74 Å². The Morgan fingerprint density at radius 1 is 1.18 bits per heavy atom. The molecule has 22 heavy (non-hydrogen) atoms. The Morgan fingerprint density at radius 3 is 2.36 bits per heavy atom. The molecule has 2 heteroatoms. The van der Waals surface area contributed by atoms with Gasteiger partial charge in [0, 0.05) is 5.57 Å². The number of hydrogen-bond acceptors (Lipinski definition) is 2. The van der Waals surface area contributed by atoms with Crippen LogP contribution >= 0.6 is 0 Å². The normalized spacial score (nSPS) is 21.4. The minimum Gasteiger partial charge on any atom is -0.423 e. The van der Waals surface area contributed by atoms with Crippen molar-refractivity contribution in [2.75, 3.05) is 0 Å². The van der Waals surface area contributed by atoms with E-state index in [0.717, 1.165) is 5.92 Å². The van der Waals surface area contributed by atoms with E-state index in [1.165, 1.54) is 50.5 Å². The molecule has 0 heterocycles. The summed E-state index contributed by atoms with van der Waals surface area (Å²) in [6.45, 7) is 7.53.